The zero-order valence-corrected chi connectivity index (χ0v) is 18.4. The fourth-order valence-electron chi connectivity index (χ4n) is 3.03. The lowest BCUT2D eigenvalue weighted by molar-refractivity contribution is -0.130. The van der Waals surface area contributed by atoms with Crippen LogP contribution in [0.5, 0.6) is 11.5 Å². The third-order valence-corrected chi connectivity index (χ3v) is 5.41. The second kappa shape index (κ2) is 9.03. The SMILES string of the molecule is COc1ccc(N(C(C)=O)c2nc(/C=C3\N=C(c4cccc(OC)c4)OC3=O)cs2)cc1. The van der Waals surface area contributed by atoms with Gasteiger partial charge in [-0.05, 0) is 48.5 Å². The molecule has 4 rings (SSSR count). The van der Waals surface area contributed by atoms with Crippen LogP contribution in [0.25, 0.3) is 6.08 Å². The Morgan fingerprint density at radius 1 is 1.09 bits per heavy atom. The number of methoxy groups -OCH3 is 2. The monoisotopic (exact) mass is 449 g/mol. The van der Waals surface area contributed by atoms with E-state index in [0.717, 1.165) is 0 Å². The highest BCUT2D eigenvalue weighted by Gasteiger charge is 2.25. The summed E-state index contributed by atoms with van der Waals surface area (Å²) in [5.74, 6) is 0.745. The van der Waals surface area contributed by atoms with Gasteiger partial charge in [-0.2, -0.15) is 0 Å². The van der Waals surface area contributed by atoms with Crippen LogP contribution in [-0.4, -0.2) is 37.0 Å². The van der Waals surface area contributed by atoms with Gasteiger partial charge in [-0.1, -0.05) is 6.07 Å². The number of ether oxygens (including phenoxy) is 3. The van der Waals surface area contributed by atoms with E-state index >= 15 is 0 Å². The first-order valence-corrected chi connectivity index (χ1v) is 10.4. The lowest BCUT2D eigenvalue weighted by Crippen LogP contribution is -2.22. The van der Waals surface area contributed by atoms with Crippen LogP contribution in [0.2, 0.25) is 0 Å². The summed E-state index contributed by atoms with van der Waals surface area (Å²) in [5.41, 5.74) is 1.90. The molecule has 0 saturated carbocycles. The topological polar surface area (TPSA) is 90.3 Å². The van der Waals surface area contributed by atoms with Crippen LogP contribution >= 0.6 is 11.3 Å². The van der Waals surface area contributed by atoms with Crippen LogP contribution in [0, 0.1) is 0 Å². The molecule has 2 aromatic carbocycles. The minimum Gasteiger partial charge on any atom is -0.497 e. The van der Waals surface area contributed by atoms with Gasteiger partial charge in [0.1, 0.15) is 11.5 Å². The molecule has 0 spiro atoms. The van der Waals surface area contributed by atoms with Crippen molar-refractivity contribution < 1.29 is 23.8 Å². The van der Waals surface area contributed by atoms with Gasteiger partial charge in [-0.3, -0.25) is 9.69 Å². The van der Waals surface area contributed by atoms with E-state index in [1.54, 1.807) is 68.1 Å². The number of carbonyl (C=O) groups is 2. The molecule has 0 N–H and O–H groups in total. The maximum absolute atomic E-state index is 12.3. The molecule has 0 atom stereocenters. The van der Waals surface area contributed by atoms with Gasteiger partial charge in [0, 0.05) is 17.9 Å². The average Bonchev–Trinajstić information content (AvgIpc) is 3.41. The van der Waals surface area contributed by atoms with Crippen LogP contribution < -0.4 is 14.4 Å². The molecule has 162 valence electrons. The Labute approximate surface area is 188 Å². The number of nitrogens with zero attached hydrogens (tertiary/aromatic N) is 3. The number of benzene rings is 2. The second-order valence-corrected chi connectivity index (χ2v) is 7.51. The molecule has 0 fully saturated rings. The van der Waals surface area contributed by atoms with Crippen molar-refractivity contribution in [3.8, 4) is 11.5 Å². The summed E-state index contributed by atoms with van der Waals surface area (Å²) in [4.78, 5) is 34.9. The molecule has 0 saturated heterocycles. The lowest BCUT2D eigenvalue weighted by Gasteiger charge is -2.18. The number of rotatable bonds is 6. The van der Waals surface area contributed by atoms with Crippen molar-refractivity contribution >= 4 is 46.0 Å². The molecule has 9 heteroatoms. The van der Waals surface area contributed by atoms with Crippen LogP contribution in [0.1, 0.15) is 18.2 Å². The summed E-state index contributed by atoms with van der Waals surface area (Å²) in [6.07, 6.45) is 1.53. The number of esters is 1. The average molecular weight is 449 g/mol. The van der Waals surface area contributed by atoms with Crippen LogP contribution in [0.4, 0.5) is 10.8 Å². The quantitative estimate of drug-likeness (QED) is 0.414. The lowest BCUT2D eigenvalue weighted by atomic mass is 10.2. The highest BCUT2D eigenvalue weighted by molar-refractivity contribution is 7.14. The maximum atomic E-state index is 12.3. The van der Waals surface area contributed by atoms with Crippen molar-refractivity contribution in [1.82, 2.24) is 4.98 Å². The molecule has 0 unspecified atom stereocenters. The maximum Gasteiger partial charge on any atom is 0.363 e. The Kier molecular flexibility index (Phi) is 6.00. The van der Waals surface area contributed by atoms with E-state index in [-0.39, 0.29) is 17.5 Å². The third-order valence-electron chi connectivity index (χ3n) is 4.57. The number of cyclic esters (lactones) is 1. The smallest absolute Gasteiger partial charge is 0.363 e. The van der Waals surface area contributed by atoms with Crippen LogP contribution in [0.15, 0.2) is 64.6 Å². The Hall–Kier alpha value is -3.98. The number of amides is 1. The Bertz CT molecular complexity index is 1230. The van der Waals surface area contributed by atoms with Crippen molar-refractivity contribution in [3.05, 3.63) is 70.9 Å². The van der Waals surface area contributed by atoms with Crippen LogP contribution in [0.3, 0.4) is 0 Å². The predicted molar refractivity (Wildman–Crippen MR) is 122 cm³/mol. The van der Waals surface area contributed by atoms with Gasteiger partial charge in [0.15, 0.2) is 10.8 Å². The Morgan fingerprint density at radius 3 is 2.53 bits per heavy atom. The summed E-state index contributed by atoms with van der Waals surface area (Å²) < 4.78 is 15.7. The third kappa shape index (κ3) is 4.37. The number of aromatic nitrogens is 1. The number of aliphatic imine (C=N–C) groups is 1. The van der Waals surface area contributed by atoms with Crippen molar-refractivity contribution in [2.24, 2.45) is 4.99 Å². The van der Waals surface area contributed by atoms with E-state index < -0.39 is 5.97 Å². The van der Waals surface area contributed by atoms with Gasteiger partial charge in [0.25, 0.3) is 0 Å². The first kappa shape index (κ1) is 21.3. The summed E-state index contributed by atoms with van der Waals surface area (Å²) in [6, 6.07) is 14.2. The first-order chi connectivity index (χ1) is 15.5. The summed E-state index contributed by atoms with van der Waals surface area (Å²) >= 11 is 1.28. The van der Waals surface area contributed by atoms with E-state index in [1.807, 2.05) is 0 Å². The summed E-state index contributed by atoms with van der Waals surface area (Å²) in [5, 5.41) is 2.21. The van der Waals surface area contributed by atoms with Crippen molar-refractivity contribution in [2.45, 2.75) is 6.92 Å². The number of anilines is 2. The highest BCUT2D eigenvalue weighted by Crippen LogP contribution is 2.31. The first-order valence-electron chi connectivity index (χ1n) is 9.56. The molecule has 3 aromatic rings. The second-order valence-electron chi connectivity index (χ2n) is 6.68. The number of hydrogen-bond donors (Lipinski definition) is 0. The highest BCUT2D eigenvalue weighted by atomic mass is 32.1. The standard InChI is InChI=1S/C23H19N3O5S/c1-14(27)26(17-7-9-18(29-2)10-8-17)23-24-16(13-32-23)12-20-22(28)31-21(25-20)15-5-4-6-19(11-15)30-3/h4-13H,1-3H3/b20-12-. The van der Waals surface area contributed by atoms with Gasteiger partial charge in [0.05, 0.1) is 25.6 Å². The number of hydrogen-bond acceptors (Lipinski definition) is 8. The molecule has 8 nitrogen and oxygen atoms in total. The van der Waals surface area contributed by atoms with E-state index in [1.165, 1.54) is 29.2 Å². The minimum atomic E-state index is -0.573. The number of thiazole rings is 1. The van der Waals surface area contributed by atoms with Gasteiger partial charge in [0.2, 0.25) is 11.8 Å². The number of carbonyl (C=O) groups excluding carboxylic acids is 2. The van der Waals surface area contributed by atoms with Crippen molar-refractivity contribution in [3.63, 3.8) is 0 Å². The van der Waals surface area contributed by atoms with Crippen molar-refractivity contribution in [2.75, 3.05) is 19.1 Å². The molecule has 1 aliphatic heterocycles. The van der Waals surface area contributed by atoms with E-state index in [9.17, 15) is 9.59 Å². The van der Waals surface area contributed by atoms with Crippen LogP contribution in [-0.2, 0) is 14.3 Å². The van der Waals surface area contributed by atoms with E-state index in [4.69, 9.17) is 14.2 Å². The fourth-order valence-corrected chi connectivity index (χ4v) is 3.88. The zero-order valence-electron chi connectivity index (χ0n) is 17.6. The summed E-state index contributed by atoms with van der Waals surface area (Å²) in [7, 11) is 3.14. The van der Waals surface area contributed by atoms with Gasteiger partial charge in [-0.15, -0.1) is 11.3 Å². The van der Waals surface area contributed by atoms with Gasteiger partial charge in [-0.25, -0.2) is 14.8 Å². The van der Waals surface area contributed by atoms with E-state index in [2.05, 4.69) is 9.98 Å². The molecule has 1 amide bonds. The zero-order chi connectivity index (χ0) is 22.7. The Morgan fingerprint density at radius 2 is 1.84 bits per heavy atom. The molecule has 0 aliphatic carbocycles. The Balaban J connectivity index is 1.61. The molecule has 1 aliphatic rings. The van der Waals surface area contributed by atoms with Gasteiger partial charge >= 0.3 is 5.97 Å². The fraction of sp³-hybridized carbons (Fsp3) is 0.130. The molecule has 0 bridgehead atoms. The molecular weight excluding hydrogens is 430 g/mol. The molecule has 1 aromatic heterocycles. The van der Waals surface area contributed by atoms with Gasteiger partial charge < -0.3 is 14.2 Å². The molecule has 0 radical (unpaired) electrons. The minimum absolute atomic E-state index is 0.124. The summed E-state index contributed by atoms with van der Waals surface area (Å²) in [6.45, 7) is 1.46. The molecular formula is C23H19N3O5S. The largest absolute Gasteiger partial charge is 0.497 e. The molecule has 2 heterocycles. The predicted octanol–water partition coefficient (Wildman–Crippen LogP) is 4.19. The van der Waals surface area contributed by atoms with Crippen molar-refractivity contribution in [1.29, 1.82) is 0 Å². The molecule has 32 heavy (non-hydrogen) atoms. The normalized spacial score (nSPS) is 14.2. The van der Waals surface area contributed by atoms with E-state index in [0.29, 0.717) is 33.6 Å².